The van der Waals surface area contributed by atoms with Crippen LogP contribution in [0.15, 0.2) is 23.1 Å². The average molecular weight is 347 g/mol. The van der Waals surface area contributed by atoms with Crippen molar-refractivity contribution in [2.75, 3.05) is 19.7 Å². The molecule has 0 bridgehead atoms. The summed E-state index contributed by atoms with van der Waals surface area (Å²) in [4.78, 5) is 11.4. The minimum atomic E-state index is -3.70. The number of rotatable bonds is 5. The number of carbonyl (C=O) groups excluding carboxylic acids is 1. The lowest BCUT2D eigenvalue weighted by Gasteiger charge is -2.30. The molecular formula is C14H19ClN2O4S. The topological polar surface area (TPSA) is 89.7 Å². The van der Waals surface area contributed by atoms with E-state index >= 15 is 0 Å². The van der Waals surface area contributed by atoms with Crippen molar-refractivity contribution in [1.82, 2.24) is 4.31 Å². The van der Waals surface area contributed by atoms with Gasteiger partial charge in [-0.2, -0.15) is 4.31 Å². The molecule has 22 heavy (non-hydrogen) atoms. The fourth-order valence-electron chi connectivity index (χ4n) is 2.46. The number of sulfonamides is 1. The van der Waals surface area contributed by atoms with Gasteiger partial charge in [-0.1, -0.05) is 11.6 Å². The first-order valence-electron chi connectivity index (χ1n) is 7.08. The first kappa shape index (κ1) is 17.1. The van der Waals surface area contributed by atoms with Gasteiger partial charge in [0.05, 0.1) is 22.4 Å². The van der Waals surface area contributed by atoms with E-state index in [1.807, 2.05) is 6.92 Å². The molecule has 2 N–H and O–H groups in total. The molecule has 0 spiro atoms. The Labute approximate surface area is 135 Å². The smallest absolute Gasteiger partial charge is 0.243 e. The number of nitrogens with two attached hydrogens (primary N) is 1. The molecule has 1 saturated heterocycles. The van der Waals surface area contributed by atoms with Crippen LogP contribution in [0.2, 0.25) is 5.02 Å². The summed E-state index contributed by atoms with van der Waals surface area (Å²) in [5.41, 5.74) is 5.29. The van der Waals surface area contributed by atoms with Gasteiger partial charge < -0.3 is 10.5 Å². The second-order valence-corrected chi connectivity index (χ2v) is 7.47. The van der Waals surface area contributed by atoms with E-state index in [2.05, 4.69) is 0 Å². The van der Waals surface area contributed by atoms with Crippen molar-refractivity contribution in [2.45, 2.75) is 24.7 Å². The van der Waals surface area contributed by atoms with E-state index in [1.54, 1.807) is 0 Å². The van der Waals surface area contributed by atoms with E-state index < -0.39 is 21.8 Å². The number of amides is 1. The molecule has 6 nitrogen and oxygen atoms in total. The number of hydrogen-bond acceptors (Lipinski definition) is 4. The zero-order valence-electron chi connectivity index (χ0n) is 12.3. The Morgan fingerprint density at radius 3 is 2.82 bits per heavy atom. The molecule has 122 valence electrons. The van der Waals surface area contributed by atoms with Gasteiger partial charge in [0.25, 0.3) is 0 Å². The van der Waals surface area contributed by atoms with Crippen molar-refractivity contribution in [1.29, 1.82) is 0 Å². The molecule has 8 heteroatoms. The fourth-order valence-corrected chi connectivity index (χ4v) is 4.31. The van der Waals surface area contributed by atoms with Crippen LogP contribution in [0.4, 0.5) is 0 Å². The summed E-state index contributed by atoms with van der Waals surface area (Å²) in [7, 11) is -3.70. The summed E-state index contributed by atoms with van der Waals surface area (Å²) in [6, 6.07) is 4.37. The highest BCUT2D eigenvalue weighted by molar-refractivity contribution is 7.89. The summed E-state index contributed by atoms with van der Waals surface area (Å²) in [5.74, 6) is -0.469. The highest BCUT2D eigenvalue weighted by Crippen LogP contribution is 2.30. The van der Waals surface area contributed by atoms with E-state index in [0.29, 0.717) is 31.7 Å². The van der Waals surface area contributed by atoms with Gasteiger partial charge in [0.15, 0.2) is 0 Å². The Balaban J connectivity index is 2.26. The van der Waals surface area contributed by atoms with E-state index in [1.165, 1.54) is 22.5 Å². The van der Waals surface area contributed by atoms with Gasteiger partial charge in [0.2, 0.25) is 15.9 Å². The minimum absolute atomic E-state index is 0.0890. The van der Waals surface area contributed by atoms with Gasteiger partial charge in [0.1, 0.15) is 5.75 Å². The number of halogens is 1. The maximum absolute atomic E-state index is 12.7. The molecule has 0 saturated carbocycles. The Hall–Kier alpha value is -1.31. The van der Waals surface area contributed by atoms with Crippen LogP contribution in [0, 0.1) is 5.92 Å². The van der Waals surface area contributed by atoms with Crippen LogP contribution in [0.5, 0.6) is 5.75 Å². The van der Waals surface area contributed by atoms with Crippen molar-refractivity contribution in [3.63, 3.8) is 0 Å². The largest absolute Gasteiger partial charge is 0.492 e. The third-order valence-corrected chi connectivity index (χ3v) is 5.78. The van der Waals surface area contributed by atoms with E-state index in [-0.39, 0.29) is 16.5 Å². The van der Waals surface area contributed by atoms with Crippen LogP contribution < -0.4 is 10.5 Å². The number of benzene rings is 1. The predicted molar refractivity (Wildman–Crippen MR) is 83.3 cm³/mol. The minimum Gasteiger partial charge on any atom is -0.492 e. The molecule has 0 aromatic heterocycles. The summed E-state index contributed by atoms with van der Waals surface area (Å²) < 4.78 is 31.9. The molecule has 0 aliphatic carbocycles. The molecule has 0 unspecified atom stereocenters. The van der Waals surface area contributed by atoms with Gasteiger partial charge in [-0.3, -0.25) is 4.79 Å². The number of ether oxygens (including phenoxy) is 1. The Morgan fingerprint density at radius 1 is 1.50 bits per heavy atom. The van der Waals surface area contributed by atoms with Gasteiger partial charge in [0, 0.05) is 13.1 Å². The molecule has 1 heterocycles. The third kappa shape index (κ3) is 3.53. The molecule has 2 rings (SSSR count). The number of carbonyl (C=O) groups is 1. The molecule has 1 atom stereocenters. The van der Waals surface area contributed by atoms with Crippen LogP contribution in [0.3, 0.4) is 0 Å². The Bertz CT molecular complexity index is 663. The number of primary amides is 1. The SMILES string of the molecule is CCOc1ccc(S(=O)(=O)N2CCC[C@H](C(N)=O)C2)cc1Cl. The van der Waals surface area contributed by atoms with Crippen LogP contribution in [0.1, 0.15) is 19.8 Å². The van der Waals surface area contributed by atoms with E-state index in [0.717, 1.165) is 0 Å². The summed E-state index contributed by atoms with van der Waals surface area (Å²) in [6.07, 6.45) is 1.23. The van der Waals surface area contributed by atoms with Crippen LogP contribution in [-0.2, 0) is 14.8 Å². The molecule has 1 fully saturated rings. The summed E-state index contributed by atoms with van der Waals surface area (Å²) in [6.45, 7) is 2.75. The maximum Gasteiger partial charge on any atom is 0.243 e. The highest BCUT2D eigenvalue weighted by atomic mass is 35.5. The first-order valence-corrected chi connectivity index (χ1v) is 8.90. The standard InChI is InChI=1S/C14H19ClN2O4S/c1-2-21-13-6-5-11(8-12(13)15)22(19,20)17-7-3-4-10(9-17)14(16)18/h5-6,8,10H,2-4,7,9H2,1H3,(H2,16,18)/t10-/m0/s1. The number of piperidine rings is 1. The number of hydrogen-bond donors (Lipinski definition) is 1. The Morgan fingerprint density at radius 2 is 2.23 bits per heavy atom. The lowest BCUT2D eigenvalue weighted by atomic mass is 9.99. The average Bonchev–Trinajstić information content (AvgIpc) is 2.49. The number of nitrogens with zero attached hydrogens (tertiary/aromatic N) is 1. The van der Waals surface area contributed by atoms with Crippen LogP contribution in [0.25, 0.3) is 0 Å². The zero-order chi connectivity index (χ0) is 16.3. The lowest BCUT2D eigenvalue weighted by molar-refractivity contribution is -0.122. The van der Waals surface area contributed by atoms with Gasteiger partial charge in [-0.05, 0) is 38.0 Å². The normalized spacial score (nSPS) is 19.8. The second-order valence-electron chi connectivity index (χ2n) is 5.13. The molecule has 1 aromatic carbocycles. The summed E-state index contributed by atoms with van der Waals surface area (Å²) >= 11 is 6.05. The first-order chi connectivity index (χ1) is 10.4. The van der Waals surface area contributed by atoms with Crippen LogP contribution >= 0.6 is 11.6 Å². The lowest BCUT2D eigenvalue weighted by Crippen LogP contribution is -2.44. The molecule has 1 aliphatic rings. The zero-order valence-corrected chi connectivity index (χ0v) is 13.9. The van der Waals surface area contributed by atoms with Gasteiger partial charge in [-0.15, -0.1) is 0 Å². The van der Waals surface area contributed by atoms with Crippen molar-refractivity contribution in [3.05, 3.63) is 23.2 Å². The van der Waals surface area contributed by atoms with Crippen molar-refractivity contribution < 1.29 is 17.9 Å². The Kier molecular flexibility index (Phi) is 5.31. The van der Waals surface area contributed by atoms with Crippen LogP contribution in [-0.4, -0.2) is 38.3 Å². The molecule has 1 amide bonds. The summed E-state index contributed by atoms with van der Waals surface area (Å²) in [5, 5.41) is 0.242. The van der Waals surface area contributed by atoms with Crippen molar-refractivity contribution >= 4 is 27.5 Å². The fraction of sp³-hybridized carbons (Fsp3) is 0.500. The monoisotopic (exact) mass is 346 g/mol. The quantitative estimate of drug-likeness (QED) is 0.877. The second kappa shape index (κ2) is 6.85. The van der Waals surface area contributed by atoms with E-state index in [9.17, 15) is 13.2 Å². The van der Waals surface area contributed by atoms with Crippen molar-refractivity contribution in [3.8, 4) is 5.75 Å². The molecule has 1 aliphatic heterocycles. The molecule has 0 radical (unpaired) electrons. The highest BCUT2D eigenvalue weighted by Gasteiger charge is 2.32. The van der Waals surface area contributed by atoms with E-state index in [4.69, 9.17) is 22.1 Å². The van der Waals surface area contributed by atoms with Gasteiger partial charge in [-0.25, -0.2) is 8.42 Å². The third-order valence-electron chi connectivity index (χ3n) is 3.63. The maximum atomic E-state index is 12.7. The molecular weight excluding hydrogens is 328 g/mol. The predicted octanol–water partition coefficient (Wildman–Crippen LogP) is 1.62. The van der Waals surface area contributed by atoms with Crippen molar-refractivity contribution in [2.24, 2.45) is 11.7 Å². The van der Waals surface area contributed by atoms with Gasteiger partial charge >= 0.3 is 0 Å². The molecule has 1 aromatic rings.